The Labute approximate surface area is 170 Å². The zero-order valence-corrected chi connectivity index (χ0v) is 17.0. The van der Waals surface area contributed by atoms with Crippen LogP contribution in [0.3, 0.4) is 0 Å². The topological polar surface area (TPSA) is 68.7 Å². The van der Waals surface area contributed by atoms with Gasteiger partial charge in [-0.05, 0) is 43.7 Å². The Hall–Kier alpha value is -3.41. The maximum atomic E-state index is 12.7. The molecule has 0 aliphatic rings. The van der Waals surface area contributed by atoms with Crippen LogP contribution >= 0.6 is 0 Å². The number of benzene rings is 2. The number of fused-ring (bicyclic) bond motifs is 1. The van der Waals surface area contributed by atoms with Crippen LogP contribution in [0.5, 0.6) is 5.75 Å². The van der Waals surface area contributed by atoms with Crippen LogP contribution in [-0.4, -0.2) is 42.0 Å². The van der Waals surface area contributed by atoms with Gasteiger partial charge < -0.3 is 14.4 Å². The fourth-order valence-corrected chi connectivity index (χ4v) is 3.10. The summed E-state index contributed by atoms with van der Waals surface area (Å²) in [5.74, 6) is -0.169. The summed E-state index contributed by atoms with van der Waals surface area (Å²) in [5, 5.41) is 0.766. The molecule has 1 atom stereocenters. The Kier molecular flexibility index (Phi) is 6.12. The lowest BCUT2D eigenvalue weighted by Gasteiger charge is -2.22. The van der Waals surface area contributed by atoms with Crippen molar-refractivity contribution in [2.24, 2.45) is 0 Å². The molecule has 0 fully saturated rings. The molecule has 1 amide bonds. The number of nitrogens with zero attached hydrogens (tertiary/aromatic N) is 2. The minimum Gasteiger partial charge on any atom is -0.497 e. The molecule has 0 saturated heterocycles. The molecule has 1 unspecified atom stereocenters. The van der Waals surface area contributed by atoms with Crippen LogP contribution in [0.15, 0.2) is 54.6 Å². The van der Waals surface area contributed by atoms with Crippen LogP contribution in [-0.2, 0) is 16.1 Å². The maximum Gasteiger partial charge on any atom is 0.340 e. The van der Waals surface area contributed by atoms with Gasteiger partial charge >= 0.3 is 5.97 Å². The van der Waals surface area contributed by atoms with Crippen molar-refractivity contribution in [2.75, 3.05) is 14.2 Å². The number of carbonyl (C=O) groups excluding carboxylic acids is 2. The van der Waals surface area contributed by atoms with Gasteiger partial charge in [-0.25, -0.2) is 4.79 Å². The van der Waals surface area contributed by atoms with Crippen molar-refractivity contribution in [1.82, 2.24) is 9.88 Å². The first-order chi connectivity index (χ1) is 13.9. The summed E-state index contributed by atoms with van der Waals surface area (Å²) in [6.45, 7) is 3.76. The van der Waals surface area contributed by atoms with Crippen LogP contribution in [0.25, 0.3) is 10.9 Å². The molecule has 6 nitrogen and oxygen atoms in total. The molecular weight excluding hydrogens is 368 g/mol. The van der Waals surface area contributed by atoms with Gasteiger partial charge in [0.1, 0.15) is 5.75 Å². The van der Waals surface area contributed by atoms with Crippen molar-refractivity contribution in [2.45, 2.75) is 26.5 Å². The summed E-state index contributed by atoms with van der Waals surface area (Å²) < 4.78 is 10.7. The molecule has 1 aromatic heterocycles. The number of aromatic nitrogens is 1. The van der Waals surface area contributed by atoms with Gasteiger partial charge in [-0.15, -0.1) is 0 Å². The number of ether oxygens (including phenoxy) is 2. The van der Waals surface area contributed by atoms with E-state index in [1.807, 2.05) is 42.5 Å². The zero-order valence-electron chi connectivity index (χ0n) is 17.0. The van der Waals surface area contributed by atoms with Gasteiger partial charge in [0, 0.05) is 19.0 Å². The highest BCUT2D eigenvalue weighted by atomic mass is 16.5. The monoisotopic (exact) mass is 392 g/mol. The van der Waals surface area contributed by atoms with E-state index < -0.39 is 12.1 Å². The first-order valence-electron chi connectivity index (χ1n) is 9.34. The highest BCUT2D eigenvalue weighted by Gasteiger charge is 2.23. The lowest BCUT2D eigenvalue weighted by molar-refractivity contribution is -0.139. The first-order valence-corrected chi connectivity index (χ1v) is 9.34. The minimum absolute atomic E-state index is 0.268. The van der Waals surface area contributed by atoms with Crippen molar-refractivity contribution in [3.63, 3.8) is 0 Å². The number of likely N-dealkylation sites (N-methyl/N-ethyl adjacent to an activating group) is 1. The summed E-state index contributed by atoms with van der Waals surface area (Å²) in [7, 11) is 3.27. The van der Waals surface area contributed by atoms with Gasteiger partial charge in [-0.3, -0.25) is 9.78 Å². The Balaban J connectivity index is 1.73. The lowest BCUT2D eigenvalue weighted by Crippen LogP contribution is -2.37. The quantitative estimate of drug-likeness (QED) is 0.598. The second-order valence-electron chi connectivity index (χ2n) is 6.91. The average Bonchev–Trinajstić information content (AvgIpc) is 2.72. The Morgan fingerprint density at radius 2 is 1.83 bits per heavy atom. The third-order valence-electron chi connectivity index (χ3n) is 4.70. The van der Waals surface area contributed by atoms with E-state index in [1.165, 1.54) is 0 Å². The number of pyridine rings is 1. The number of hydrogen-bond acceptors (Lipinski definition) is 5. The smallest absolute Gasteiger partial charge is 0.340 e. The molecule has 0 saturated carbocycles. The van der Waals surface area contributed by atoms with Gasteiger partial charge in [-0.1, -0.05) is 30.3 Å². The molecule has 2 aromatic carbocycles. The second-order valence-corrected chi connectivity index (χ2v) is 6.91. The first kappa shape index (κ1) is 20.3. The molecule has 150 valence electrons. The number of aryl methyl sites for hydroxylation is 1. The number of rotatable bonds is 6. The van der Waals surface area contributed by atoms with E-state index in [9.17, 15) is 9.59 Å². The fourth-order valence-electron chi connectivity index (χ4n) is 3.10. The van der Waals surface area contributed by atoms with E-state index in [0.717, 1.165) is 16.5 Å². The predicted octanol–water partition coefficient (Wildman–Crippen LogP) is 3.76. The van der Waals surface area contributed by atoms with Crippen LogP contribution in [0, 0.1) is 6.92 Å². The third kappa shape index (κ3) is 4.71. The Morgan fingerprint density at radius 3 is 2.52 bits per heavy atom. The Morgan fingerprint density at radius 1 is 1.10 bits per heavy atom. The molecule has 0 aliphatic heterocycles. The van der Waals surface area contributed by atoms with Crippen molar-refractivity contribution in [3.05, 3.63) is 71.4 Å². The van der Waals surface area contributed by atoms with Gasteiger partial charge in [-0.2, -0.15) is 0 Å². The fraction of sp³-hybridized carbons (Fsp3) is 0.261. The molecule has 0 radical (unpaired) electrons. The van der Waals surface area contributed by atoms with Gasteiger partial charge in [0.25, 0.3) is 5.91 Å². The van der Waals surface area contributed by atoms with E-state index in [0.29, 0.717) is 23.6 Å². The van der Waals surface area contributed by atoms with E-state index in [1.54, 1.807) is 45.0 Å². The normalized spacial score (nSPS) is 11.7. The van der Waals surface area contributed by atoms with Crippen molar-refractivity contribution >= 4 is 22.8 Å². The van der Waals surface area contributed by atoms with E-state index in [2.05, 4.69) is 4.98 Å². The number of amides is 1. The summed E-state index contributed by atoms with van der Waals surface area (Å²) in [4.78, 5) is 31.3. The predicted molar refractivity (Wildman–Crippen MR) is 111 cm³/mol. The average molecular weight is 392 g/mol. The molecular formula is C23H24N2O4. The van der Waals surface area contributed by atoms with Crippen molar-refractivity contribution < 1.29 is 19.1 Å². The van der Waals surface area contributed by atoms with Crippen molar-refractivity contribution in [1.29, 1.82) is 0 Å². The van der Waals surface area contributed by atoms with Crippen molar-refractivity contribution in [3.8, 4) is 5.75 Å². The van der Waals surface area contributed by atoms with Gasteiger partial charge in [0.15, 0.2) is 6.10 Å². The molecule has 3 rings (SSSR count). The Bertz CT molecular complexity index is 1030. The summed E-state index contributed by atoms with van der Waals surface area (Å²) in [6, 6.07) is 16.8. The number of methoxy groups -OCH3 is 1. The van der Waals surface area contributed by atoms with E-state index in [-0.39, 0.29) is 5.91 Å². The molecule has 0 bridgehead atoms. The number of hydrogen-bond donors (Lipinski definition) is 0. The maximum absolute atomic E-state index is 12.7. The van der Waals surface area contributed by atoms with Crippen LogP contribution in [0.2, 0.25) is 0 Å². The molecule has 0 spiro atoms. The van der Waals surface area contributed by atoms with Crippen LogP contribution in [0.1, 0.15) is 28.5 Å². The molecule has 29 heavy (non-hydrogen) atoms. The minimum atomic E-state index is -0.906. The third-order valence-corrected chi connectivity index (χ3v) is 4.70. The lowest BCUT2D eigenvalue weighted by atomic mass is 10.1. The molecule has 1 heterocycles. The molecule has 0 aliphatic carbocycles. The highest BCUT2D eigenvalue weighted by molar-refractivity contribution is 5.96. The highest BCUT2D eigenvalue weighted by Crippen LogP contribution is 2.22. The summed E-state index contributed by atoms with van der Waals surface area (Å²) in [6.07, 6.45) is -0.906. The van der Waals surface area contributed by atoms with Gasteiger partial charge in [0.05, 0.1) is 23.9 Å². The second kappa shape index (κ2) is 8.73. The standard InChI is InChI=1S/C23H24N2O4/c1-15-20(13-18-12-19(28-4)10-11-21(18)24-15)23(27)29-16(2)22(26)25(3)14-17-8-6-5-7-9-17/h5-13,16H,14H2,1-4H3. The van der Waals surface area contributed by atoms with Gasteiger partial charge in [0.2, 0.25) is 0 Å². The van der Waals surface area contributed by atoms with Crippen LogP contribution in [0.4, 0.5) is 0 Å². The summed E-state index contributed by atoms with van der Waals surface area (Å²) >= 11 is 0. The largest absolute Gasteiger partial charge is 0.497 e. The zero-order chi connectivity index (χ0) is 21.0. The number of carbonyl (C=O) groups is 2. The van der Waals surface area contributed by atoms with E-state index >= 15 is 0 Å². The summed E-state index contributed by atoms with van der Waals surface area (Å²) in [5.41, 5.74) is 2.64. The SMILES string of the molecule is COc1ccc2nc(C)c(C(=O)OC(C)C(=O)N(C)Cc3ccccc3)cc2c1. The molecule has 6 heteroatoms. The molecule has 3 aromatic rings. The van der Waals surface area contributed by atoms with Crippen LogP contribution < -0.4 is 4.74 Å². The molecule has 0 N–H and O–H groups in total. The van der Waals surface area contributed by atoms with E-state index in [4.69, 9.17) is 9.47 Å². The number of esters is 1.